The summed E-state index contributed by atoms with van der Waals surface area (Å²) in [6, 6.07) is 0. The van der Waals surface area contributed by atoms with Gasteiger partial charge in [-0.25, -0.2) is 0 Å². The van der Waals surface area contributed by atoms with Crippen LogP contribution in [0.15, 0.2) is 0 Å². The van der Waals surface area contributed by atoms with Crippen LogP contribution < -0.4 is 0 Å². The molecule has 1 aliphatic rings. The molecule has 0 aromatic rings. The SMILES string of the molecule is COCC1OCCC(C)CC1(C(=O)OC)C(=O)OC. The molecule has 1 saturated heterocycles. The minimum atomic E-state index is -1.45. The highest BCUT2D eigenvalue weighted by Crippen LogP contribution is 2.39. The van der Waals surface area contributed by atoms with Crippen molar-refractivity contribution in [2.75, 3.05) is 34.5 Å². The molecule has 0 spiro atoms. The van der Waals surface area contributed by atoms with Crippen molar-refractivity contribution in [2.24, 2.45) is 11.3 Å². The fourth-order valence-electron chi connectivity index (χ4n) is 2.56. The van der Waals surface area contributed by atoms with E-state index < -0.39 is 23.5 Å². The van der Waals surface area contributed by atoms with E-state index in [1.165, 1.54) is 21.3 Å². The van der Waals surface area contributed by atoms with Gasteiger partial charge in [0, 0.05) is 13.7 Å². The Morgan fingerprint density at radius 2 is 1.79 bits per heavy atom. The number of carbonyl (C=O) groups is 2. The van der Waals surface area contributed by atoms with Crippen LogP contribution in [0.3, 0.4) is 0 Å². The molecule has 110 valence electrons. The summed E-state index contributed by atoms with van der Waals surface area (Å²) in [7, 11) is 4.01. The third-order valence-electron chi connectivity index (χ3n) is 3.57. The Bertz CT molecular complexity index is 311. The molecule has 0 saturated carbocycles. The second-order valence-electron chi connectivity index (χ2n) is 4.87. The topological polar surface area (TPSA) is 71.1 Å². The molecule has 0 aromatic carbocycles. The van der Waals surface area contributed by atoms with Crippen molar-refractivity contribution >= 4 is 11.9 Å². The molecular weight excluding hydrogens is 252 g/mol. The van der Waals surface area contributed by atoms with Gasteiger partial charge in [-0.3, -0.25) is 9.59 Å². The summed E-state index contributed by atoms with van der Waals surface area (Å²) in [5.74, 6) is -1.11. The average Bonchev–Trinajstić information content (AvgIpc) is 2.57. The summed E-state index contributed by atoms with van der Waals surface area (Å²) in [5.41, 5.74) is -1.45. The van der Waals surface area contributed by atoms with E-state index in [4.69, 9.17) is 18.9 Å². The first-order valence-corrected chi connectivity index (χ1v) is 6.30. The molecule has 2 unspecified atom stereocenters. The molecule has 0 N–H and O–H groups in total. The van der Waals surface area contributed by atoms with Gasteiger partial charge in [0.2, 0.25) is 0 Å². The largest absolute Gasteiger partial charge is 0.468 e. The van der Waals surface area contributed by atoms with Crippen molar-refractivity contribution in [1.82, 2.24) is 0 Å². The summed E-state index contributed by atoms with van der Waals surface area (Å²) < 4.78 is 20.4. The molecule has 0 aromatic heterocycles. The Morgan fingerprint density at radius 3 is 2.26 bits per heavy atom. The zero-order valence-corrected chi connectivity index (χ0v) is 11.9. The Morgan fingerprint density at radius 1 is 1.21 bits per heavy atom. The number of hydrogen-bond acceptors (Lipinski definition) is 6. The standard InChI is InChI=1S/C13H22O6/c1-9-5-6-19-10(8-16-2)13(7-9,11(14)17-3)12(15)18-4/h9-10H,5-8H2,1-4H3. The molecule has 19 heavy (non-hydrogen) atoms. The van der Waals surface area contributed by atoms with Crippen LogP contribution in [-0.2, 0) is 28.5 Å². The average molecular weight is 274 g/mol. The van der Waals surface area contributed by atoms with Gasteiger partial charge in [-0.2, -0.15) is 0 Å². The van der Waals surface area contributed by atoms with Crippen molar-refractivity contribution in [3.8, 4) is 0 Å². The lowest BCUT2D eigenvalue weighted by Gasteiger charge is -2.34. The van der Waals surface area contributed by atoms with Crippen molar-refractivity contribution in [3.63, 3.8) is 0 Å². The van der Waals surface area contributed by atoms with E-state index in [1.54, 1.807) is 0 Å². The number of carbonyl (C=O) groups excluding carboxylic acids is 2. The molecule has 6 heteroatoms. The van der Waals surface area contributed by atoms with Crippen molar-refractivity contribution in [3.05, 3.63) is 0 Å². The predicted molar refractivity (Wildman–Crippen MR) is 66.5 cm³/mol. The number of methoxy groups -OCH3 is 3. The summed E-state index contributed by atoms with van der Waals surface area (Å²) in [5, 5.41) is 0. The molecule has 1 aliphatic heterocycles. The van der Waals surface area contributed by atoms with Gasteiger partial charge in [0.25, 0.3) is 0 Å². The monoisotopic (exact) mass is 274 g/mol. The lowest BCUT2D eigenvalue weighted by atomic mass is 9.75. The van der Waals surface area contributed by atoms with Gasteiger partial charge in [-0.05, 0) is 18.8 Å². The van der Waals surface area contributed by atoms with E-state index in [0.29, 0.717) is 13.0 Å². The minimum Gasteiger partial charge on any atom is -0.468 e. The summed E-state index contributed by atoms with van der Waals surface area (Å²) >= 11 is 0. The number of rotatable bonds is 4. The quantitative estimate of drug-likeness (QED) is 0.557. The normalized spacial score (nSPS) is 26.3. The molecule has 0 bridgehead atoms. The highest BCUT2D eigenvalue weighted by molar-refractivity contribution is 6.01. The fourth-order valence-corrected chi connectivity index (χ4v) is 2.56. The molecule has 1 heterocycles. The summed E-state index contributed by atoms with van der Waals surface area (Å²) in [6.45, 7) is 2.58. The summed E-state index contributed by atoms with van der Waals surface area (Å²) in [4.78, 5) is 24.4. The molecular formula is C13H22O6. The Balaban J connectivity index is 3.22. The molecule has 2 atom stereocenters. The smallest absolute Gasteiger partial charge is 0.326 e. The van der Waals surface area contributed by atoms with Crippen LogP contribution in [0.25, 0.3) is 0 Å². The second-order valence-corrected chi connectivity index (χ2v) is 4.87. The first-order chi connectivity index (χ1) is 9.02. The van der Waals surface area contributed by atoms with Gasteiger partial charge in [0.1, 0.15) is 6.10 Å². The van der Waals surface area contributed by atoms with E-state index in [9.17, 15) is 9.59 Å². The maximum atomic E-state index is 12.2. The minimum absolute atomic E-state index is 0.136. The maximum Gasteiger partial charge on any atom is 0.326 e. The zero-order valence-electron chi connectivity index (χ0n) is 11.9. The lowest BCUT2D eigenvalue weighted by Crippen LogP contribution is -2.53. The summed E-state index contributed by atoms with van der Waals surface area (Å²) in [6.07, 6.45) is 0.415. The number of hydrogen-bond donors (Lipinski definition) is 0. The first-order valence-electron chi connectivity index (χ1n) is 6.30. The predicted octanol–water partition coefficient (Wildman–Crippen LogP) is 0.780. The van der Waals surface area contributed by atoms with E-state index >= 15 is 0 Å². The lowest BCUT2D eigenvalue weighted by molar-refractivity contribution is -0.184. The van der Waals surface area contributed by atoms with Crippen LogP contribution in [0.1, 0.15) is 19.8 Å². The van der Waals surface area contributed by atoms with Gasteiger partial charge >= 0.3 is 11.9 Å². The Hall–Kier alpha value is -1.14. The first kappa shape index (κ1) is 15.9. The Kier molecular flexibility index (Phi) is 5.75. The van der Waals surface area contributed by atoms with E-state index in [-0.39, 0.29) is 12.5 Å². The van der Waals surface area contributed by atoms with Crippen LogP contribution in [0.4, 0.5) is 0 Å². The van der Waals surface area contributed by atoms with Gasteiger partial charge in [-0.1, -0.05) is 6.92 Å². The second kappa shape index (κ2) is 6.86. The molecule has 6 nitrogen and oxygen atoms in total. The molecule has 0 radical (unpaired) electrons. The molecule has 1 fully saturated rings. The van der Waals surface area contributed by atoms with Crippen LogP contribution >= 0.6 is 0 Å². The van der Waals surface area contributed by atoms with Gasteiger partial charge < -0.3 is 18.9 Å². The van der Waals surface area contributed by atoms with E-state index in [1.807, 2.05) is 6.92 Å². The maximum absolute atomic E-state index is 12.2. The Labute approximate surface area is 113 Å². The highest BCUT2D eigenvalue weighted by Gasteiger charge is 2.57. The van der Waals surface area contributed by atoms with Crippen molar-refractivity contribution in [1.29, 1.82) is 0 Å². The van der Waals surface area contributed by atoms with Crippen LogP contribution in [-0.4, -0.2) is 52.6 Å². The zero-order chi connectivity index (χ0) is 14.5. The number of esters is 2. The van der Waals surface area contributed by atoms with Crippen LogP contribution in [0, 0.1) is 11.3 Å². The van der Waals surface area contributed by atoms with Crippen LogP contribution in [0.5, 0.6) is 0 Å². The van der Waals surface area contributed by atoms with Crippen molar-refractivity contribution < 1.29 is 28.5 Å². The van der Waals surface area contributed by atoms with Crippen molar-refractivity contribution in [2.45, 2.75) is 25.9 Å². The third kappa shape index (κ3) is 3.06. The van der Waals surface area contributed by atoms with Gasteiger partial charge in [-0.15, -0.1) is 0 Å². The third-order valence-corrected chi connectivity index (χ3v) is 3.57. The molecule has 1 rings (SSSR count). The highest BCUT2D eigenvalue weighted by atomic mass is 16.6. The molecule has 0 aliphatic carbocycles. The fraction of sp³-hybridized carbons (Fsp3) is 0.846. The van der Waals surface area contributed by atoms with Crippen LogP contribution in [0.2, 0.25) is 0 Å². The van der Waals surface area contributed by atoms with E-state index in [0.717, 1.165) is 6.42 Å². The molecule has 0 amide bonds. The van der Waals surface area contributed by atoms with E-state index in [2.05, 4.69) is 0 Å². The number of ether oxygens (including phenoxy) is 4. The van der Waals surface area contributed by atoms with Gasteiger partial charge in [0.15, 0.2) is 5.41 Å². The van der Waals surface area contributed by atoms with Gasteiger partial charge in [0.05, 0.1) is 20.8 Å².